The first-order valence-corrected chi connectivity index (χ1v) is 8.06. The molecule has 1 aliphatic rings. The molecular weight excluding hydrogens is 332 g/mol. The molecule has 2 heterocycles. The Morgan fingerprint density at radius 2 is 2.24 bits per heavy atom. The molecule has 1 aromatic rings. The van der Waals surface area contributed by atoms with Crippen LogP contribution in [0.1, 0.15) is 52.3 Å². The van der Waals surface area contributed by atoms with E-state index in [-0.39, 0.29) is 23.3 Å². The van der Waals surface area contributed by atoms with Crippen LogP contribution in [0, 0.1) is 5.41 Å². The third-order valence-electron chi connectivity index (χ3n) is 3.80. The molecule has 1 aromatic heterocycles. The number of aromatic nitrogens is 2. The zero-order chi connectivity index (χ0) is 15.8. The number of hydrogen-bond acceptors (Lipinski definition) is 4. The molecule has 21 heavy (non-hydrogen) atoms. The van der Waals surface area contributed by atoms with Crippen molar-refractivity contribution >= 4 is 27.7 Å². The van der Waals surface area contributed by atoms with Crippen molar-refractivity contribution in [2.45, 2.75) is 52.5 Å². The van der Waals surface area contributed by atoms with E-state index in [0.29, 0.717) is 6.42 Å². The number of hydrogen-bond donors (Lipinski definition) is 1. The van der Waals surface area contributed by atoms with Crippen molar-refractivity contribution in [1.82, 2.24) is 9.97 Å². The van der Waals surface area contributed by atoms with Crippen LogP contribution in [0.15, 0.2) is 10.7 Å². The second kappa shape index (κ2) is 5.91. The van der Waals surface area contributed by atoms with Gasteiger partial charge in [0.2, 0.25) is 5.91 Å². The van der Waals surface area contributed by atoms with Gasteiger partial charge in [0.15, 0.2) is 0 Å². The lowest BCUT2D eigenvalue weighted by Crippen LogP contribution is -2.34. The topological polar surface area (TPSA) is 72.1 Å². The van der Waals surface area contributed by atoms with Gasteiger partial charge in [-0.15, -0.1) is 0 Å². The Hall–Kier alpha value is -1.17. The number of rotatable bonds is 4. The van der Waals surface area contributed by atoms with E-state index in [1.54, 1.807) is 6.20 Å². The van der Waals surface area contributed by atoms with Gasteiger partial charge in [0, 0.05) is 31.1 Å². The molecule has 0 spiro atoms. The lowest BCUT2D eigenvalue weighted by atomic mass is 9.90. The van der Waals surface area contributed by atoms with Gasteiger partial charge in [-0.05, 0) is 27.8 Å². The van der Waals surface area contributed by atoms with Crippen LogP contribution in [0.5, 0.6) is 0 Å². The maximum absolute atomic E-state index is 11.4. The van der Waals surface area contributed by atoms with Crippen molar-refractivity contribution in [1.29, 1.82) is 0 Å². The minimum atomic E-state index is -0.267. The Bertz CT molecular complexity index is 544. The molecule has 0 aromatic carbocycles. The van der Waals surface area contributed by atoms with Gasteiger partial charge in [0.25, 0.3) is 0 Å². The van der Waals surface area contributed by atoms with Crippen LogP contribution >= 0.6 is 15.9 Å². The van der Waals surface area contributed by atoms with Crippen LogP contribution in [-0.4, -0.2) is 28.5 Å². The first-order chi connectivity index (χ1) is 9.69. The second-order valence-electron chi connectivity index (χ2n) is 6.87. The monoisotopic (exact) mass is 354 g/mol. The molecule has 0 bridgehead atoms. The highest BCUT2D eigenvalue weighted by molar-refractivity contribution is 9.10. The van der Waals surface area contributed by atoms with Crippen molar-refractivity contribution in [2.24, 2.45) is 11.1 Å². The Balaban J connectivity index is 2.38. The summed E-state index contributed by atoms with van der Waals surface area (Å²) in [7, 11) is 0. The molecule has 0 aliphatic carbocycles. The number of carbonyl (C=O) groups is 1. The van der Waals surface area contributed by atoms with E-state index in [1.165, 1.54) is 0 Å². The average molecular weight is 355 g/mol. The fraction of sp³-hybridized carbons (Fsp3) is 0.667. The average Bonchev–Trinajstić information content (AvgIpc) is 2.63. The Morgan fingerprint density at radius 1 is 1.57 bits per heavy atom. The minimum Gasteiger partial charge on any atom is -0.370 e. The lowest BCUT2D eigenvalue weighted by molar-refractivity contribution is -0.118. The van der Waals surface area contributed by atoms with E-state index in [9.17, 15) is 4.79 Å². The highest BCUT2D eigenvalue weighted by Crippen LogP contribution is 2.40. The SMILES string of the molecule is CC(C)c1ncc(Br)c(N2CC(C)(C)CC2CC(N)=O)n1. The largest absolute Gasteiger partial charge is 0.370 e. The summed E-state index contributed by atoms with van der Waals surface area (Å²) in [5.41, 5.74) is 5.55. The molecule has 2 rings (SSSR count). The fourth-order valence-corrected chi connectivity index (χ4v) is 3.33. The molecule has 1 unspecified atom stereocenters. The van der Waals surface area contributed by atoms with Crippen molar-refractivity contribution in [3.63, 3.8) is 0 Å². The summed E-state index contributed by atoms with van der Waals surface area (Å²) in [6.07, 6.45) is 3.09. The number of carbonyl (C=O) groups excluding carboxylic acids is 1. The van der Waals surface area contributed by atoms with E-state index < -0.39 is 0 Å². The molecule has 116 valence electrons. The standard InChI is InChI=1S/C15H23BrN4O/c1-9(2)13-18-7-11(16)14(19-13)20-8-15(3,4)6-10(20)5-12(17)21/h7,9-10H,5-6,8H2,1-4H3,(H2,17,21). The predicted molar refractivity (Wildman–Crippen MR) is 87.2 cm³/mol. The molecule has 0 saturated carbocycles. The molecule has 1 amide bonds. The number of primary amides is 1. The summed E-state index contributed by atoms with van der Waals surface area (Å²) in [6.45, 7) is 9.42. The third kappa shape index (κ3) is 3.73. The first kappa shape index (κ1) is 16.2. The Labute approximate surface area is 134 Å². The van der Waals surface area contributed by atoms with Crippen LogP contribution in [0.3, 0.4) is 0 Å². The van der Waals surface area contributed by atoms with E-state index in [4.69, 9.17) is 10.7 Å². The number of anilines is 1. The van der Waals surface area contributed by atoms with Crippen LogP contribution in [0.4, 0.5) is 5.82 Å². The van der Waals surface area contributed by atoms with Crippen molar-refractivity contribution in [3.05, 3.63) is 16.5 Å². The Kier molecular flexibility index (Phi) is 4.56. The van der Waals surface area contributed by atoms with E-state index in [1.807, 2.05) is 0 Å². The van der Waals surface area contributed by atoms with Crippen LogP contribution in [0.2, 0.25) is 0 Å². The maximum atomic E-state index is 11.4. The molecule has 1 atom stereocenters. The van der Waals surface area contributed by atoms with Gasteiger partial charge in [-0.2, -0.15) is 0 Å². The Morgan fingerprint density at radius 3 is 2.81 bits per heavy atom. The van der Waals surface area contributed by atoms with Gasteiger partial charge < -0.3 is 10.6 Å². The minimum absolute atomic E-state index is 0.101. The molecule has 1 saturated heterocycles. The molecule has 6 heteroatoms. The smallest absolute Gasteiger partial charge is 0.219 e. The second-order valence-corrected chi connectivity index (χ2v) is 7.73. The number of halogens is 1. The predicted octanol–water partition coefficient (Wildman–Crippen LogP) is 2.84. The summed E-state index contributed by atoms with van der Waals surface area (Å²) < 4.78 is 0.860. The van der Waals surface area contributed by atoms with Crippen LogP contribution in [-0.2, 0) is 4.79 Å². The van der Waals surface area contributed by atoms with Crippen LogP contribution in [0.25, 0.3) is 0 Å². The molecule has 1 fully saturated rings. The first-order valence-electron chi connectivity index (χ1n) is 7.27. The number of amides is 1. The van der Waals surface area contributed by atoms with Gasteiger partial charge in [0.05, 0.1) is 4.47 Å². The molecule has 1 aliphatic heterocycles. The van der Waals surface area contributed by atoms with E-state index >= 15 is 0 Å². The summed E-state index contributed by atoms with van der Waals surface area (Å²) >= 11 is 3.54. The highest BCUT2D eigenvalue weighted by Gasteiger charge is 2.39. The zero-order valence-electron chi connectivity index (χ0n) is 13.1. The van der Waals surface area contributed by atoms with E-state index in [2.05, 4.69) is 53.5 Å². The number of nitrogens with zero attached hydrogens (tertiary/aromatic N) is 3. The van der Waals surface area contributed by atoms with Crippen molar-refractivity contribution in [3.8, 4) is 0 Å². The fourth-order valence-electron chi connectivity index (χ4n) is 2.92. The van der Waals surface area contributed by atoms with Gasteiger partial charge in [-0.25, -0.2) is 9.97 Å². The van der Waals surface area contributed by atoms with Gasteiger partial charge in [0.1, 0.15) is 11.6 Å². The van der Waals surface area contributed by atoms with Crippen LogP contribution < -0.4 is 10.6 Å². The number of nitrogens with two attached hydrogens (primary N) is 1. The molecule has 0 radical (unpaired) electrons. The third-order valence-corrected chi connectivity index (χ3v) is 4.36. The van der Waals surface area contributed by atoms with Crippen molar-refractivity contribution in [2.75, 3.05) is 11.4 Å². The summed E-state index contributed by atoms with van der Waals surface area (Å²) in [5, 5.41) is 0. The highest BCUT2D eigenvalue weighted by atomic mass is 79.9. The maximum Gasteiger partial charge on any atom is 0.219 e. The van der Waals surface area contributed by atoms with Gasteiger partial charge in [-0.1, -0.05) is 27.7 Å². The van der Waals surface area contributed by atoms with Crippen molar-refractivity contribution < 1.29 is 4.79 Å². The summed E-state index contributed by atoms with van der Waals surface area (Å²) in [6, 6.07) is 0.101. The normalized spacial score (nSPS) is 21.0. The molecular formula is C15H23BrN4O. The summed E-state index contributed by atoms with van der Waals surface area (Å²) in [4.78, 5) is 22.6. The molecule has 5 nitrogen and oxygen atoms in total. The lowest BCUT2D eigenvalue weighted by Gasteiger charge is -2.26. The zero-order valence-corrected chi connectivity index (χ0v) is 14.6. The summed E-state index contributed by atoms with van der Waals surface area (Å²) in [5.74, 6) is 1.68. The van der Waals surface area contributed by atoms with E-state index in [0.717, 1.165) is 29.1 Å². The molecule has 2 N–H and O–H groups in total. The quantitative estimate of drug-likeness (QED) is 0.902. The van der Waals surface area contributed by atoms with Gasteiger partial charge in [-0.3, -0.25) is 4.79 Å². The van der Waals surface area contributed by atoms with Gasteiger partial charge >= 0.3 is 0 Å².